The highest BCUT2D eigenvalue weighted by Crippen LogP contribution is 2.52. The van der Waals surface area contributed by atoms with Crippen molar-refractivity contribution in [1.29, 1.82) is 0 Å². The predicted octanol–water partition coefficient (Wildman–Crippen LogP) is 3.32. The zero-order chi connectivity index (χ0) is 21.4. The fourth-order valence-electron chi connectivity index (χ4n) is 5.47. The molecule has 2 aliphatic carbocycles. The fraction of sp³-hybridized carbons (Fsp3) is 0.400. The van der Waals surface area contributed by atoms with Crippen molar-refractivity contribution in [3.63, 3.8) is 0 Å². The van der Waals surface area contributed by atoms with Crippen molar-refractivity contribution in [1.82, 2.24) is 15.5 Å². The molecule has 2 N–H and O–H groups in total. The molecule has 3 aliphatic rings. The van der Waals surface area contributed by atoms with E-state index in [9.17, 15) is 9.59 Å². The zero-order valence-corrected chi connectivity index (χ0v) is 20.5. The number of allylic oxidation sites excluding steroid dienone is 2. The number of carbonyl (C=O) groups excluding carboxylic acids is 2. The number of hydrogen-bond acceptors (Lipinski definition) is 3. The molecule has 1 aliphatic heterocycles. The average molecular weight is 544 g/mol. The smallest absolute Gasteiger partial charge is 0.233 e. The SMILES string of the molecule is CN=C(NCCCN1C(=O)C2C3C=CC(C3)C2C1=O)NCc1cccc2ccccc12.I. The molecule has 2 fully saturated rings. The molecule has 0 aromatic heterocycles. The number of aliphatic imine (C=N–C) groups is 1. The predicted molar refractivity (Wildman–Crippen MR) is 137 cm³/mol. The van der Waals surface area contributed by atoms with Gasteiger partial charge in [0, 0.05) is 26.7 Å². The summed E-state index contributed by atoms with van der Waals surface area (Å²) in [4.78, 5) is 31.3. The normalized spacial score (nSPS) is 25.9. The molecule has 2 amide bonds. The zero-order valence-electron chi connectivity index (χ0n) is 18.2. The molecular formula is C25H29IN4O2. The van der Waals surface area contributed by atoms with Crippen LogP contribution < -0.4 is 10.6 Å². The van der Waals surface area contributed by atoms with Gasteiger partial charge >= 0.3 is 0 Å². The van der Waals surface area contributed by atoms with E-state index in [1.165, 1.54) is 21.2 Å². The summed E-state index contributed by atoms with van der Waals surface area (Å²) in [6.45, 7) is 1.79. The minimum Gasteiger partial charge on any atom is -0.356 e. The first-order valence-corrected chi connectivity index (χ1v) is 11.1. The van der Waals surface area contributed by atoms with Gasteiger partial charge in [-0.05, 0) is 41.0 Å². The monoisotopic (exact) mass is 544 g/mol. The van der Waals surface area contributed by atoms with Crippen molar-refractivity contribution in [3.8, 4) is 0 Å². The van der Waals surface area contributed by atoms with Crippen LogP contribution in [0.2, 0.25) is 0 Å². The lowest BCUT2D eigenvalue weighted by Gasteiger charge is -2.18. The van der Waals surface area contributed by atoms with Crippen molar-refractivity contribution >= 4 is 52.5 Å². The van der Waals surface area contributed by atoms with Crippen LogP contribution in [-0.2, 0) is 16.1 Å². The summed E-state index contributed by atoms with van der Waals surface area (Å²) in [5.41, 5.74) is 1.21. The molecule has 4 unspecified atom stereocenters. The van der Waals surface area contributed by atoms with Crippen LogP contribution in [0, 0.1) is 23.7 Å². The van der Waals surface area contributed by atoms with E-state index in [0.29, 0.717) is 32.0 Å². The fourth-order valence-corrected chi connectivity index (χ4v) is 5.47. The largest absolute Gasteiger partial charge is 0.356 e. The molecule has 1 saturated heterocycles. The van der Waals surface area contributed by atoms with E-state index in [1.54, 1.807) is 7.05 Å². The number of hydrogen-bond donors (Lipinski definition) is 2. The van der Waals surface area contributed by atoms with E-state index >= 15 is 0 Å². The molecule has 6 nitrogen and oxygen atoms in total. The lowest BCUT2D eigenvalue weighted by atomic mass is 9.85. The second-order valence-corrected chi connectivity index (χ2v) is 8.67. The maximum atomic E-state index is 12.8. The van der Waals surface area contributed by atoms with Gasteiger partial charge in [-0.2, -0.15) is 0 Å². The Labute approximate surface area is 205 Å². The van der Waals surface area contributed by atoms with E-state index in [1.807, 2.05) is 6.07 Å². The molecule has 7 heteroatoms. The third-order valence-electron chi connectivity index (χ3n) is 6.96. The molecule has 2 aromatic carbocycles. The molecule has 168 valence electrons. The van der Waals surface area contributed by atoms with Gasteiger partial charge < -0.3 is 10.6 Å². The minimum absolute atomic E-state index is 0. The molecule has 1 heterocycles. The van der Waals surface area contributed by atoms with Crippen LogP contribution in [0.1, 0.15) is 18.4 Å². The van der Waals surface area contributed by atoms with Gasteiger partial charge in [-0.1, -0.05) is 54.6 Å². The first kappa shape index (κ1) is 22.8. The number of likely N-dealkylation sites (tertiary alicyclic amines) is 1. The number of halogens is 1. The maximum absolute atomic E-state index is 12.8. The molecular weight excluding hydrogens is 515 g/mol. The summed E-state index contributed by atoms with van der Waals surface area (Å²) in [6.07, 6.45) is 5.94. The van der Waals surface area contributed by atoms with Gasteiger partial charge in [-0.25, -0.2) is 0 Å². The third kappa shape index (κ3) is 4.02. The summed E-state index contributed by atoms with van der Waals surface area (Å²) in [7, 11) is 1.75. The number of guanidine groups is 1. The molecule has 1 saturated carbocycles. The summed E-state index contributed by atoms with van der Waals surface area (Å²) in [5, 5.41) is 9.11. The number of imide groups is 1. The molecule has 4 atom stereocenters. The highest BCUT2D eigenvalue weighted by molar-refractivity contribution is 14.0. The van der Waals surface area contributed by atoms with Crippen LogP contribution in [-0.4, -0.2) is 42.8 Å². The van der Waals surface area contributed by atoms with E-state index in [-0.39, 0.29) is 59.5 Å². The van der Waals surface area contributed by atoms with Gasteiger partial charge in [0.05, 0.1) is 11.8 Å². The Kier molecular flexibility index (Phi) is 6.83. The Morgan fingerprint density at radius 2 is 1.69 bits per heavy atom. The maximum Gasteiger partial charge on any atom is 0.233 e. The number of carbonyl (C=O) groups is 2. The van der Waals surface area contributed by atoms with Crippen molar-refractivity contribution in [2.24, 2.45) is 28.7 Å². The first-order chi connectivity index (χ1) is 15.2. The molecule has 0 spiro atoms. The second kappa shape index (κ2) is 9.60. The van der Waals surface area contributed by atoms with Crippen molar-refractivity contribution in [3.05, 3.63) is 60.2 Å². The van der Waals surface area contributed by atoms with Crippen molar-refractivity contribution in [2.45, 2.75) is 19.4 Å². The lowest BCUT2D eigenvalue weighted by molar-refractivity contribution is -0.140. The number of nitrogens with one attached hydrogen (secondary N) is 2. The van der Waals surface area contributed by atoms with Crippen LogP contribution in [0.4, 0.5) is 0 Å². The Hall–Kier alpha value is -2.42. The molecule has 2 aromatic rings. The number of rotatable bonds is 6. The number of nitrogens with zero attached hydrogens (tertiary/aromatic N) is 2. The third-order valence-corrected chi connectivity index (χ3v) is 6.96. The Morgan fingerprint density at radius 3 is 2.41 bits per heavy atom. The van der Waals surface area contributed by atoms with Gasteiger partial charge in [-0.15, -0.1) is 24.0 Å². The van der Waals surface area contributed by atoms with E-state index in [4.69, 9.17) is 0 Å². The number of fused-ring (bicyclic) bond motifs is 6. The number of amides is 2. The molecule has 5 rings (SSSR count). The van der Waals surface area contributed by atoms with Gasteiger partial charge in [-0.3, -0.25) is 19.5 Å². The second-order valence-electron chi connectivity index (χ2n) is 8.67. The first-order valence-electron chi connectivity index (χ1n) is 11.1. The topological polar surface area (TPSA) is 73.8 Å². The summed E-state index contributed by atoms with van der Waals surface area (Å²) < 4.78 is 0. The van der Waals surface area contributed by atoms with Gasteiger partial charge in [0.15, 0.2) is 5.96 Å². The summed E-state index contributed by atoms with van der Waals surface area (Å²) in [5.74, 6) is 1.11. The van der Waals surface area contributed by atoms with Crippen LogP contribution in [0.15, 0.2) is 59.6 Å². The van der Waals surface area contributed by atoms with Crippen molar-refractivity contribution in [2.75, 3.05) is 20.1 Å². The Balaban J connectivity index is 0.00000245. The summed E-state index contributed by atoms with van der Waals surface area (Å²) >= 11 is 0. The van der Waals surface area contributed by atoms with E-state index in [2.05, 4.69) is 64.2 Å². The molecule has 2 bridgehead atoms. The minimum atomic E-state index is -0.106. The molecule has 0 radical (unpaired) electrons. The van der Waals surface area contributed by atoms with Gasteiger partial charge in [0.2, 0.25) is 11.8 Å². The van der Waals surface area contributed by atoms with Crippen LogP contribution in [0.3, 0.4) is 0 Å². The van der Waals surface area contributed by atoms with Gasteiger partial charge in [0.25, 0.3) is 0 Å². The van der Waals surface area contributed by atoms with Crippen LogP contribution in [0.25, 0.3) is 10.8 Å². The number of benzene rings is 2. The van der Waals surface area contributed by atoms with Crippen LogP contribution >= 0.6 is 24.0 Å². The summed E-state index contributed by atoms with van der Waals surface area (Å²) in [6, 6.07) is 14.6. The van der Waals surface area contributed by atoms with Gasteiger partial charge in [0.1, 0.15) is 0 Å². The highest BCUT2D eigenvalue weighted by atomic mass is 127. The van der Waals surface area contributed by atoms with Crippen LogP contribution in [0.5, 0.6) is 0 Å². The van der Waals surface area contributed by atoms with Crippen molar-refractivity contribution < 1.29 is 9.59 Å². The van der Waals surface area contributed by atoms with E-state index < -0.39 is 0 Å². The Morgan fingerprint density at radius 1 is 1.00 bits per heavy atom. The molecule has 32 heavy (non-hydrogen) atoms. The lowest BCUT2D eigenvalue weighted by Crippen LogP contribution is -2.39. The quantitative estimate of drug-likeness (QED) is 0.146. The highest BCUT2D eigenvalue weighted by Gasteiger charge is 2.58. The average Bonchev–Trinajstić information content (AvgIpc) is 3.48. The standard InChI is InChI=1S/C25H28N4O2.HI/c1-26-25(28-15-19-8-4-7-16-6-2-3-9-20(16)19)27-12-5-13-29-23(30)21-17-10-11-18(14-17)22(21)24(29)31;/h2-4,6-11,17-18,21-22H,5,12-15H2,1H3,(H2,26,27,28);1H. The van der Waals surface area contributed by atoms with E-state index in [0.717, 1.165) is 6.42 Å². The Bertz CT molecular complexity index is 1050.